The van der Waals surface area contributed by atoms with Crippen molar-refractivity contribution in [1.29, 1.82) is 0 Å². The first kappa shape index (κ1) is 21.6. The van der Waals surface area contributed by atoms with Gasteiger partial charge in [-0.15, -0.1) is 0 Å². The number of halogens is 1. The first-order valence-corrected chi connectivity index (χ1v) is 10.5. The number of nitrogens with one attached hydrogen (secondary N) is 3. The van der Waals surface area contributed by atoms with E-state index in [0.29, 0.717) is 11.3 Å². The van der Waals surface area contributed by atoms with Gasteiger partial charge in [0.15, 0.2) is 0 Å². The Labute approximate surface area is 176 Å². The third-order valence-corrected chi connectivity index (χ3v) is 5.31. The smallest absolute Gasteiger partial charge is 0.323 e. The van der Waals surface area contributed by atoms with Crippen LogP contribution in [0.5, 0.6) is 0 Å². The van der Waals surface area contributed by atoms with Crippen molar-refractivity contribution in [1.82, 2.24) is 5.32 Å². The van der Waals surface area contributed by atoms with Crippen LogP contribution in [-0.2, 0) is 0 Å². The Kier molecular flexibility index (Phi) is 7.27. The molecule has 1 aliphatic heterocycles. The lowest BCUT2D eigenvalue weighted by atomic mass is 10.1. The number of rotatable bonds is 6. The van der Waals surface area contributed by atoms with E-state index in [1.807, 2.05) is 19.9 Å². The molecular weight excluding hydrogens is 383 g/mol. The van der Waals surface area contributed by atoms with E-state index in [1.165, 1.54) is 18.6 Å². The molecule has 30 heavy (non-hydrogen) atoms. The van der Waals surface area contributed by atoms with E-state index < -0.39 is 11.8 Å². The van der Waals surface area contributed by atoms with E-state index >= 15 is 0 Å². The van der Waals surface area contributed by atoms with E-state index in [9.17, 15) is 14.0 Å². The summed E-state index contributed by atoms with van der Waals surface area (Å²) in [6, 6.07) is 10.8. The molecule has 0 aromatic heterocycles. The Morgan fingerprint density at radius 1 is 1.07 bits per heavy atom. The molecule has 1 unspecified atom stereocenters. The SMILES string of the molecule is CCC(C)NC(=O)c1cc(NC(=O)Nc2ccccc2F)ccc1N1CCCCC1. The minimum absolute atomic E-state index is 0.0488. The van der Waals surface area contributed by atoms with Gasteiger partial charge in [0.1, 0.15) is 5.82 Å². The quantitative estimate of drug-likeness (QED) is 0.626. The molecule has 3 N–H and O–H groups in total. The van der Waals surface area contributed by atoms with Crippen molar-refractivity contribution in [2.75, 3.05) is 28.6 Å². The first-order valence-electron chi connectivity index (χ1n) is 10.5. The molecule has 2 aromatic carbocycles. The topological polar surface area (TPSA) is 73.5 Å². The number of urea groups is 1. The molecule has 1 aliphatic rings. The number of para-hydroxylation sites is 1. The fourth-order valence-corrected chi connectivity index (χ4v) is 3.46. The highest BCUT2D eigenvalue weighted by Gasteiger charge is 2.20. The maximum Gasteiger partial charge on any atom is 0.323 e. The number of hydrogen-bond donors (Lipinski definition) is 3. The average Bonchev–Trinajstić information content (AvgIpc) is 2.75. The van der Waals surface area contributed by atoms with E-state index in [2.05, 4.69) is 20.9 Å². The summed E-state index contributed by atoms with van der Waals surface area (Å²) in [6.07, 6.45) is 4.21. The van der Waals surface area contributed by atoms with Crippen molar-refractivity contribution < 1.29 is 14.0 Å². The molecule has 0 spiro atoms. The van der Waals surface area contributed by atoms with Gasteiger partial charge in [-0.2, -0.15) is 0 Å². The summed E-state index contributed by atoms with van der Waals surface area (Å²) in [5.41, 5.74) is 1.96. The number of carbonyl (C=O) groups is 2. The van der Waals surface area contributed by atoms with Gasteiger partial charge in [-0.1, -0.05) is 19.1 Å². The van der Waals surface area contributed by atoms with Crippen LogP contribution in [0.3, 0.4) is 0 Å². The van der Waals surface area contributed by atoms with Crippen LogP contribution in [0.15, 0.2) is 42.5 Å². The van der Waals surface area contributed by atoms with Gasteiger partial charge in [0.2, 0.25) is 0 Å². The van der Waals surface area contributed by atoms with Gasteiger partial charge in [0.25, 0.3) is 5.91 Å². The molecule has 1 atom stereocenters. The van der Waals surface area contributed by atoms with Crippen molar-refractivity contribution in [3.8, 4) is 0 Å². The fourth-order valence-electron chi connectivity index (χ4n) is 3.46. The maximum atomic E-state index is 13.8. The number of amides is 3. The summed E-state index contributed by atoms with van der Waals surface area (Å²) >= 11 is 0. The van der Waals surface area contributed by atoms with Gasteiger partial charge in [0.05, 0.1) is 11.3 Å². The summed E-state index contributed by atoms with van der Waals surface area (Å²) < 4.78 is 13.8. The number of nitrogens with zero attached hydrogens (tertiary/aromatic N) is 1. The van der Waals surface area contributed by atoms with Gasteiger partial charge in [-0.3, -0.25) is 4.79 Å². The highest BCUT2D eigenvalue weighted by atomic mass is 19.1. The molecule has 6 nitrogen and oxygen atoms in total. The Balaban J connectivity index is 1.81. The predicted molar refractivity (Wildman–Crippen MR) is 119 cm³/mol. The molecule has 0 radical (unpaired) electrons. The van der Waals surface area contributed by atoms with Crippen molar-refractivity contribution in [3.05, 3.63) is 53.8 Å². The number of benzene rings is 2. The maximum absolute atomic E-state index is 13.8. The van der Waals surface area contributed by atoms with Crippen LogP contribution in [0.25, 0.3) is 0 Å². The average molecular weight is 413 g/mol. The van der Waals surface area contributed by atoms with Crippen molar-refractivity contribution in [2.24, 2.45) is 0 Å². The number of anilines is 3. The molecule has 3 amide bonds. The molecule has 0 saturated carbocycles. The monoisotopic (exact) mass is 412 g/mol. The summed E-state index contributed by atoms with van der Waals surface area (Å²) in [6.45, 7) is 5.79. The standard InChI is InChI=1S/C23H29FN4O2/c1-3-16(2)25-22(29)18-15-17(11-12-21(18)28-13-7-4-8-14-28)26-23(30)27-20-10-6-5-9-19(20)24/h5-6,9-12,15-16H,3-4,7-8,13-14H2,1-2H3,(H,25,29)(H2,26,27,30). The molecule has 0 aliphatic carbocycles. The van der Waals surface area contributed by atoms with Crippen LogP contribution in [0.2, 0.25) is 0 Å². The second-order valence-electron chi connectivity index (χ2n) is 7.62. The van der Waals surface area contributed by atoms with E-state index in [-0.39, 0.29) is 17.6 Å². The zero-order valence-electron chi connectivity index (χ0n) is 17.5. The van der Waals surface area contributed by atoms with Gasteiger partial charge >= 0.3 is 6.03 Å². The van der Waals surface area contributed by atoms with Crippen LogP contribution >= 0.6 is 0 Å². The molecule has 2 aromatic rings. The summed E-state index contributed by atoms with van der Waals surface area (Å²) in [5, 5.41) is 8.20. The Morgan fingerprint density at radius 2 is 1.80 bits per heavy atom. The molecule has 7 heteroatoms. The summed E-state index contributed by atoms with van der Waals surface area (Å²) in [5.74, 6) is -0.676. The zero-order chi connectivity index (χ0) is 21.5. The van der Waals surface area contributed by atoms with Crippen LogP contribution in [-0.4, -0.2) is 31.1 Å². The third-order valence-electron chi connectivity index (χ3n) is 5.31. The van der Waals surface area contributed by atoms with Crippen LogP contribution < -0.4 is 20.9 Å². The Bertz CT molecular complexity index is 897. The molecule has 0 bridgehead atoms. The minimum Gasteiger partial charge on any atom is -0.371 e. The summed E-state index contributed by atoms with van der Waals surface area (Å²) in [7, 11) is 0. The number of carbonyl (C=O) groups excluding carboxylic acids is 2. The second kappa shape index (κ2) is 10.1. The molecule has 3 rings (SSSR count). The molecule has 1 fully saturated rings. The van der Waals surface area contributed by atoms with Crippen molar-refractivity contribution in [2.45, 2.75) is 45.6 Å². The van der Waals surface area contributed by atoms with Gasteiger partial charge in [-0.05, 0) is 62.9 Å². The molecule has 160 valence electrons. The van der Waals surface area contributed by atoms with Crippen molar-refractivity contribution in [3.63, 3.8) is 0 Å². The van der Waals surface area contributed by atoms with Crippen LogP contribution in [0.1, 0.15) is 49.9 Å². The van der Waals surface area contributed by atoms with Gasteiger partial charge in [-0.25, -0.2) is 9.18 Å². The number of piperidine rings is 1. The van der Waals surface area contributed by atoms with Crippen LogP contribution in [0.4, 0.5) is 26.2 Å². The lowest BCUT2D eigenvalue weighted by molar-refractivity contribution is 0.0939. The fraction of sp³-hybridized carbons (Fsp3) is 0.391. The van der Waals surface area contributed by atoms with E-state index in [1.54, 1.807) is 24.3 Å². The normalized spacial score (nSPS) is 14.7. The molecular formula is C23H29FN4O2. The number of hydrogen-bond acceptors (Lipinski definition) is 3. The van der Waals surface area contributed by atoms with Crippen molar-refractivity contribution >= 4 is 29.0 Å². The zero-order valence-corrected chi connectivity index (χ0v) is 17.5. The molecule has 1 heterocycles. The van der Waals surface area contributed by atoms with Crippen LogP contribution in [0, 0.1) is 5.82 Å². The van der Waals surface area contributed by atoms with E-state index in [4.69, 9.17) is 0 Å². The second-order valence-corrected chi connectivity index (χ2v) is 7.62. The lowest BCUT2D eigenvalue weighted by Gasteiger charge is -2.31. The highest BCUT2D eigenvalue weighted by Crippen LogP contribution is 2.27. The first-order chi connectivity index (χ1) is 14.5. The largest absolute Gasteiger partial charge is 0.371 e. The Morgan fingerprint density at radius 3 is 2.50 bits per heavy atom. The van der Waals surface area contributed by atoms with E-state index in [0.717, 1.165) is 38.0 Å². The molecule has 1 saturated heterocycles. The predicted octanol–water partition coefficient (Wildman–Crippen LogP) is 4.99. The van der Waals surface area contributed by atoms with Gasteiger partial charge < -0.3 is 20.9 Å². The minimum atomic E-state index is -0.570. The summed E-state index contributed by atoms with van der Waals surface area (Å²) in [4.78, 5) is 27.5. The lowest BCUT2D eigenvalue weighted by Crippen LogP contribution is -2.35. The third kappa shape index (κ3) is 5.49. The highest BCUT2D eigenvalue weighted by molar-refractivity contribution is 6.04. The van der Waals surface area contributed by atoms with Gasteiger partial charge in [0, 0.05) is 30.5 Å². The Hall–Kier alpha value is -3.09.